The van der Waals surface area contributed by atoms with E-state index in [4.69, 9.17) is 27.9 Å². The summed E-state index contributed by atoms with van der Waals surface area (Å²) in [5.74, 6) is -0.672. The summed E-state index contributed by atoms with van der Waals surface area (Å²) in [6, 6.07) is 8.21. The van der Waals surface area contributed by atoms with Gasteiger partial charge in [0.25, 0.3) is 5.91 Å². The van der Waals surface area contributed by atoms with Crippen LogP contribution in [0.25, 0.3) is 0 Å². The van der Waals surface area contributed by atoms with Crippen molar-refractivity contribution >= 4 is 46.8 Å². The van der Waals surface area contributed by atoms with Crippen molar-refractivity contribution in [1.82, 2.24) is 0 Å². The van der Waals surface area contributed by atoms with Crippen molar-refractivity contribution < 1.29 is 19.2 Å². The molecule has 0 saturated carbocycles. The van der Waals surface area contributed by atoms with Gasteiger partial charge in [-0.25, -0.2) is 0 Å². The Morgan fingerprint density at radius 1 is 1.24 bits per heavy atom. The summed E-state index contributed by atoms with van der Waals surface area (Å²) < 4.78 is 5.37. The Morgan fingerprint density at radius 2 is 1.88 bits per heavy atom. The van der Waals surface area contributed by atoms with Gasteiger partial charge in [-0.2, -0.15) is 0 Å². The second-order valence-electron chi connectivity index (χ2n) is 5.01. The first-order chi connectivity index (χ1) is 11.8. The number of amides is 1. The average molecular weight is 383 g/mol. The zero-order valence-electron chi connectivity index (χ0n) is 12.9. The van der Waals surface area contributed by atoms with Crippen LogP contribution in [0.1, 0.15) is 17.3 Å². The Labute approximate surface area is 152 Å². The maximum Gasteiger partial charge on any atom is 0.311 e. The predicted octanol–water partition coefficient (Wildman–Crippen LogP) is 4.12. The van der Waals surface area contributed by atoms with Crippen LogP contribution in [0.3, 0.4) is 0 Å². The van der Waals surface area contributed by atoms with E-state index < -0.39 is 22.6 Å². The van der Waals surface area contributed by atoms with E-state index in [9.17, 15) is 19.7 Å². The quantitative estimate of drug-likeness (QED) is 0.460. The molecule has 2 aromatic carbocycles. The molecule has 0 fully saturated rings. The number of nitrogens with one attached hydrogen (secondary N) is 1. The summed E-state index contributed by atoms with van der Waals surface area (Å²) in [5, 5.41) is 14.3. The molecule has 0 spiro atoms. The number of hydrogen-bond acceptors (Lipinski definition) is 5. The van der Waals surface area contributed by atoms with Gasteiger partial charge in [-0.1, -0.05) is 23.2 Å². The number of nitrogens with zero attached hydrogens (tertiary/aromatic N) is 1. The van der Waals surface area contributed by atoms with Gasteiger partial charge in [-0.15, -0.1) is 0 Å². The number of hydrogen-bond donors (Lipinski definition) is 1. The molecule has 1 atom stereocenters. The number of nitro benzene ring substituents is 1. The molecule has 0 aliphatic rings. The standard InChI is InChI=1S/C16H12Cl2N2O5/c1-9(16(22)19-13-6-11(17)5-12(18)7-13)25-15-3-2-10(8-21)4-14(15)20(23)24/h2-9H,1H3,(H,19,22)/t9-/m1/s1. The molecule has 0 saturated heterocycles. The second-order valence-corrected chi connectivity index (χ2v) is 5.88. The van der Waals surface area contributed by atoms with Crippen LogP contribution in [0.5, 0.6) is 5.75 Å². The maximum atomic E-state index is 12.2. The highest BCUT2D eigenvalue weighted by Crippen LogP contribution is 2.29. The van der Waals surface area contributed by atoms with Crippen LogP contribution in [-0.2, 0) is 4.79 Å². The minimum Gasteiger partial charge on any atom is -0.474 e. The molecule has 7 nitrogen and oxygen atoms in total. The summed E-state index contributed by atoms with van der Waals surface area (Å²) in [7, 11) is 0. The van der Waals surface area contributed by atoms with Gasteiger partial charge in [0.1, 0.15) is 6.29 Å². The van der Waals surface area contributed by atoms with E-state index in [0.717, 1.165) is 6.07 Å². The molecule has 1 amide bonds. The van der Waals surface area contributed by atoms with Gasteiger partial charge in [-0.05, 0) is 37.3 Å². The van der Waals surface area contributed by atoms with Crippen molar-refractivity contribution in [3.8, 4) is 5.75 Å². The second kappa shape index (κ2) is 7.96. The van der Waals surface area contributed by atoms with Gasteiger partial charge in [0.15, 0.2) is 11.9 Å². The molecule has 0 bridgehead atoms. The Kier molecular flexibility index (Phi) is 5.95. The van der Waals surface area contributed by atoms with Crippen molar-refractivity contribution in [2.45, 2.75) is 13.0 Å². The minimum atomic E-state index is -1.04. The highest BCUT2D eigenvalue weighted by Gasteiger charge is 2.22. The summed E-state index contributed by atoms with van der Waals surface area (Å²) in [6.07, 6.45) is -0.561. The van der Waals surface area contributed by atoms with Crippen molar-refractivity contribution in [2.24, 2.45) is 0 Å². The third-order valence-corrected chi connectivity index (χ3v) is 3.56. The largest absolute Gasteiger partial charge is 0.474 e. The number of aldehydes is 1. The summed E-state index contributed by atoms with van der Waals surface area (Å²) >= 11 is 11.7. The minimum absolute atomic E-state index is 0.123. The third-order valence-electron chi connectivity index (χ3n) is 3.12. The lowest BCUT2D eigenvalue weighted by atomic mass is 10.2. The van der Waals surface area contributed by atoms with Gasteiger partial charge >= 0.3 is 5.69 Å². The number of rotatable bonds is 6. The number of anilines is 1. The van der Waals surface area contributed by atoms with Crippen LogP contribution in [0, 0.1) is 10.1 Å². The van der Waals surface area contributed by atoms with Crippen molar-refractivity contribution in [3.63, 3.8) is 0 Å². The van der Waals surface area contributed by atoms with Crippen molar-refractivity contribution in [1.29, 1.82) is 0 Å². The lowest BCUT2D eigenvalue weighted by Crippen LogP contribution is -2.30. The number of carbonyl (C=O) groups excluding carboxylic acids is 2. The molecule has 0 heterocycles. The lowest BCUT2D eigenvalue weighted by Gasteiger charge is -2.15. The first-order valence-corrected chi connectivity index (χ1v) is 7.73. The zero-order valence-corrected chi connectivity index (χ0v) is 14.4. The van der Waals surface area contributed by atoms with Crippen LogP contribution in [0.4, 0.5) is 11.4 Å². The SMILES string of the molecule is C[C@@H](Oc1ccc(C=O)cc1[N+](=O)[O-])C(=O)Nc1cc(Cl)cc(Cl)c1. The highest BCUT2D eigenvalue weighted by atomic mass is 35.5. The molecule has 2 aromatic rings. The van der Waals surface area contributed by atoms with Crippen LogP contribution in [0.15, 0.2) is 36.4 Å². The smallest absolute Gasteiger partial charge is 0.311 e. The molecule has 0 aliphatic heterocycles. The molecule has 25 heavy (non-hydrogen) atoms. The fourth-order valence-corrected chi connectivity index (χ4v) is 2.49. The maximum absolute atomic E-state index is 12.2. The molecular formula is C16H12Cl2N2O5. The predicted molar refractivity (Wildman–Crippen MR) is 93.7 cm³/mol. The van der Waals surface area contributed by atoms with Gasteiger partial charge in [0.2, 0.25) is 0 Å². The van der Waals surface area contributed by atoms with E-state index in [2.05, 4.69) is 5.32 Å². The Hall–Kier alpha value is -2.64. The molecule has 130 valence electrons. The monoisotopic (exact) mass is 382 g/mol. The molecule has 1 N–H and O–H groups in total. The van der Waals surface area contributed by atoms with E-state index in [-0.39, 0.29) is 11.3 Å². The zero-order chi connectivity index (χ0) is 18.6. The number of benzene rings is 2. The number of ether oxygens (including phenoxy) is 1. The Bertz CT molecular complexity index is 821. The number of carbonyl (C=O) groups is 2. The molecule has 0 radical (unpaired) electrons. The van der Waals surface area contributed by atoms with E-state index in [1.54, 1.807) is 0 Å². The van der Waals surface area contributed by atoms with Gasteiger partial charge in [0, 0.05) is 27.4 Å². The van der Waals surface area contributed by atoms with Crippen molar-refractivity contribution in [2.75, 3.05) is 5.32 Å². The van der Waals surface area contributed by atoms with Gasteiger partial charge in [0.05, 0.1) is 4.92 Å². The first-order valence-electron chi connectivity index (χ1n) is 6.97. The topological polar surface area (TPSA) is 98.5 Å². The van der Waals surface area contributed by atoms with Crippen LogP contribution >= 0.6 is 23.2 Å². The third kappa shape index (κ3) is 4.91. The lowest BCUT2D eigenvalue weighted by molar-refractivity contribution is -0.386. The van der Waals surface area contributed by atoms with Gasteiger partial charge < -0.3 is 10.1 Å². The molecular weight excluding hydrogens is 371 g/mol. The van der Waals surface area contributed by atoms with Crippen LogP contribution < -0.4 is 10.1 Å². The van der Waals surface area contributed by atoms with Crippen LogP contribution in [0.2, 0.25) is 10.0 Å². The summed E-state index contributed by atoms with van der Waals surface area (Å²) in [5.41, 5.74) is 0.0866. The molecule has 0 aliphatic carbocycles. The fourth-order valence-electron chi connectivity index (χ4n) is 1.96. The average Bonchev–Trinajstić information content (AvgIpc) is 2.53. The highest BCUT2D eigenvalue weighted by molar-refractivity contribution is 6.35. The molecule has 0 unspecified atom stereocenters. The summed E-state index contributed by atoms with van der Waals surface area (Å²) in [6.45, 7) is 1.43. The normalized spacial score (nSPS) is 11.5. The van der Waals surface area contributed by atoms with Crippen molar-refractivity contribution in [3.05, 3.63) is 62.1 Å². The van der Waals surface area contributed by atoms with Crippen LogP contribution in [-0.4, -0.2) is 23.2 Å². The van der Waals surface area contributed by atoms with E-state index >= 15 is 0 Å². The van der Waals surface area contributed by atoms with E-state index in [1.165, 1.54) is 37.3 Å². The number of nitro groups is 1. The Balaban J connectivity index is 2.15. The fraction of sp³-hybridized carbons (Fsp3) is 0.125. The Morgan fingerprint density at radius 3 is 2.44 bits per heavy atom. The first kappa shape index (κ1) is 18.7. The molecule has 0 aromatic heterocycles. The molecule has 9 heteroatoms. The molecule has 2 rings (SSSR count). The summed E-state index contributed by atoms with van der Waals surface area (Å²) in [4.78, 5) is 33.3. The van der Waals surface area contributed by atoms with E-state index in [0.29, 0.717) is 22.0 Å². The number of halogens is 2. The van der Waals surface area contributed by atoms with E-state index in [1.807, 2.05) is 0 Å². The van der Waals surface area contributed by atoms with Gasteiger partial charge in [-0.3, -0.25) is 19.7 Å².